The summed E-state index contributed by atoms with van der Waals surface area (Å²) < 4.78 is 78.8. The third-order valence-electron chi connectivity index (χ3n) is 4.23. The van der Waals surface area contributed by atoms with E-state index in [2.05, 4.69) is 6.58 Å². The van der Waals surface area contributed by atoms with E-state index in [-0.39, 0.29) is 24.2 Å². The molecule has 0 N–H and O–H groups in total. The minimum atomic E-state index is -4.51. The molecule has 0 aliphatic rings. The fraction of sp³-hybridized carbons (Fsp3) is 0.300. The molecule has 1 nitrogen and oxygen atoms in total. The van der Waals surface area contributed by atoms with Crippen molar-refractivity contribution in [3.05, 3.63) is 77.9 Å². The summed E-state index contributed by atoms with van der Waals surface area (Å²) in [5.41, 5.74) is 0.0168. The highest BCUT2D eigenvalue weighted by Crippen LogP contribution is 2.35. The first-order chi connectivity index (χ1) is 12.5. The Hall–Kier alpha value is -2.44. The lowest BCUT2D eigenvalue weighted by Gasteiger charge is -2.36. The molecule has 0 saturated carbocycles. The summed E-state index contributed by atoms with van der Waals surface area (Å²) >= 11 is 0. The number of alkyl halides is 6. The Labute approximate surface area is 153 Å². The third-order valence-corrected chi connectivity index (χ3v) is 4.23. The second kappa shape index (κ2) is 8.06. The maximum Gasteiger partial charge on any atom is 0.416 e. The molecule has 0 aromatic heterocycles. The first kappa shape index (κ1) is 20.9. The van der Waals surface area contributed by atoms with Crippen LogP contribution < -0.4 is 0 Å². The lowest BCUT2D eigenvalue weighted by atomic mass is 10.0. The van der Waals surface area contributed by atoms with Crippen LogP contribution in [0.25, 0.3) is 5.70 Å². The second-order valence-electron chi connectivity index (χ2n) is 6.10. The molecule has 2 aromatic carbocycles. The van der Waals surface area contributed by atoms with E-state index in [0.29, 0.717) is 5.56 Å². The molecule has 0 amide bonds. The van der Waals surface area contributed by atoms with Crippen molar-refractivity contribution in [3.8, 4) is 0 Å². The predicted molar refractivity (Wildman–Crippen MR) is 92.6 cm³/mol. The van der Waals surface area contributed by atoms with Gasteiger partial charge in [0.2, 0.25) is 0 Å². The molecule has 27 heavy (non-hydrogen) atoms. The summed E-state index contributed by atoms with van der Waals surface area (Å²) in [6.45, 7) is 5.10. The van der Waals surface area contributed by atoms with Crippen LogP contribution in [0.1, 0.15) is 30.0 Å². The summed E-state index contributed by atoms with van der Waals surface area (Å²) in [6, 6.07) is 10.7. The molecule has 2 rings (SSSR count). The van der Waals surface area contributed by atoms with Crippen molar-refractivity contribution < 1.29 is 26.3 Å². The van der Waals surface area contributed by atoms with Crippen LogP contribution in [0, 0.1) is 0 Å². The molecule has 0 spiro atoms. The van der Waals surface area contributed by atoms with Crippen molar-refractivity contribution >= 4 is 5.70 Å². The van der Waals surface area contributed by atoms with Gasteiger partial charge in [0, 0.05) is 12.2 Å². The van der Waals surface area contributed by atoms with Crippen molar-refractivity contribution in [1.82, 2.24) is 4.90 Å². The molecule has 0 aliphatic carbocycles. The van der Waals surface area contributed by atoms with E-state index in [1.807, 2.05) is 0 Å². The van der Waals surface area contributed by atoms with Crippen molar-refractivity contribution in [2.24, 2.45) is 0 Å². The SMILES string of the molecule is C=C(c1ccc(C(F)(F)F)cc1)N(Cc1ccccc1)C(CC)C(F)(F)F. The molecular formula is C20H19F6N. The normalized spacial score (nSPS) is 13.3. The van der Waals surface area contributed by atoms with Crippen LogP contribution in [0.5, 0.6) is 0 Å². The van der Waals surface area contributed by atoms with Crippen molar-refractivity contribution in [3.63, 3.8) is 0 Å². The molecule has 2 aromatic rings. The van der Waals surface area contributed by atoms with E-state index < -0.39 is 24.0 Å². The minimum absolute atomic E-state index is 0.0248. The molecule has 0 fully saturated rings. The molecule has 0 heterocycles. The van der Waals surface area contributed by atoms with Gasteiger partial charge in [-0.15, -0.1) is 0 Å². The number of hydrogen-bond acceptors (Lipinski definition) is 1. The molecule has 1 unspecified atom stereocenters. The van der Waals surface area contributed by atoms with Crippen molar-refractivity contribution in [2.45, 2.75) is 38.3 Å². The van der Waals surface area contributed by atoms with Crippen LogP contribution in [0.4, 0.5) is 26.3 Å². The molecule has 0 aliphatic heterocycles. The number of nitrogens with zero attached hydrogens (tertiary/aromatic N) is 1. The Bertz CT molecular complexity index is 747. The predicted octanol–water partition coefficient (Wildman–Crippen LogP) is 6.52. The van der Waals surface area contributed by atoms with E-state index in [4.69, 9.17) is 0 Å². The summed E-state index contributed by atoms with van der Waals surface area (Å²) in [5.74, 6) is 0. The third kappa shape index (κ3) is 5.28. The highest BCUT2D eigenvalue weighted by molar-refractivity contribution is 5.62. The van der Waals surface area contributed by atoms with Gasteiger partial charge in [0.1, 0.15) is 6.04 Å². The average Bonchev–Trinajstić information content (AvgIpc) is 2.60. The molecule has 7 heteroatoms. The zero-order valence-electron chi connectivity index (χ0n) is 14.6. The Balaban J connectivity index is 2.38. The van der Waals surface area contributed by atoms with Gasteiger partial charge in [-0.2, -0.15) is 26.3 Å². The summed E-state index contributed by atoms with van der Waals surface area (Å²) in [5, 5.41) is 0. The number of hydrogen-bond donors (Lipinski definition) is 0. The van der Waals surface area contributed by atoms with Gasteiger partial charge >= 0.3 is 12.4 Å². The van der Waals surface area contributed by atoms with Gasteiger partial charge in [-0.1, -0.05) is 56.0 Å². The average molecular weight is 387 g/mol. The van der Waals surface area contributed by atoms with Crippen LogP contribution in [-0.4, -0.2) is 17.1 Å². The topological polar surface area (TPSA) is 3.24 Å². The van der Waals surface area contributed by atoms with Gasteiger partial charge in [0.15, 0.2) is 0 Å². The number of benzene rings is 2. The fourth-order valence-electron chi connectivity index (χ4n) is 2.82. The molecular weight excluding hydrogens is 368 g/mol. The van der Waals surface area contributed by atoms with E-state index in [0.717, 1.165) is 29.2 Å². The zero-order valence-corrected chi connectivity index (χ0v) is 14.6. The van der Waals surface area contributed by atoms with E-state index in [9.17, 15) is 26.3 Å². The first-order valence-electron chi connectivity index (χ1n) is 8.28. The summed E-state index contributed by atoms with van der Waals surface area (Å²) in [6.07, 6.45) is -9.23. The lowest BCUT2D eigenvalue weighted by molar-refractivity contribution is -0.177. The largest absolute Gasteiger partial charge is 0.416 e. The fourth-order valence-corrected chi connectivity index (χ4v) is 2.82. The van der Waals surface area contributed by atoms with Gasteiger partial charge in [-0.3, -0.25) is 0 Å². The van der Waals surface area contributed by atoms with Crippen LogP contribution in [0.15, 0.2) is 61.2 Å². The molecule has 0 bridgehead atoms. The smallest absolute Gasteiger partial charge is 0.355 e. The van der Waals surface area contributed by atoms with Gasteiger partial charge in [-0.25, -0.2) is 0 Å². The van der Waals surface area contributed by atoms with E-state index >= 15 is 0 Å². The highest BCUT2D eigenvalue weighted by atomic mass is 19.4. The first-order valence-corrected chi connectivity index (χ1v) is 8.28. The molecule has 0 radical (unpaired) electrons. The Morgan fingerprint density at radius 3 is 1.93 bits per heavy atom. The minimum Gasteiger partial charge on any atom is -0.355 e. The Kier molecular flexibility index (Phi) is 6.23. The van der Waals surface area contributed by atoms with Crippen LogP contribution in [0.3, 0.4) is 0 Å². The summed E-state index contributed by atoms with van der Waals surface area (Å²) in [4.78, 5) is 1.10. The number of halogens is 6. The maximum absolute atomic E-state index is 13.5. The van der Waals surface area contributed by atoms with Crippen LogP contribution >= 0.6 is 0 Å². The van der Waals surface area contributed by atoms with Crippen molar-refractivity contribution in [2.75, 3.05) is 0 Å². The van der Waals surface area contributed by atoms with Gasteiger partial charge in [0.25, 0.3) is 0 Å². The second-order valence-corrected chi connectivity index (χ2v) is 6.10. The van der Waals surface area contributed by atoms with E-state index in [1.54, 1.807) is 30.3 Å². The van der Waals surface area contributed by atoms with E-state index in [1.165, 1.54) is 6.92 Å². The monoisotopic (exact) mass is 387 g/mol. The standard InChI is InChI=1S/C20H19F6N/c1-3-18(20(24,25)26)27(13-15-7-5-4-6-8-15)14(2)16-9-11-17(12-10-16)19(21,22)23/h4-12,18H,2-3,13H2,1H3. The summed E-state index contributed by atoms with van der Waals surface area (Å²) in [7, 11) is 0. The lowest BCUT2D eigenvalue weighted by Crippen LogP contribution is -2.43. The van der Waals surface area contributed by atoms with Crippen LogP contribution in [-0.2, 0) is 12.7 Å². The molecule has 146 valence electrons. The van der Waals surface area contributed by atoms with Gasteiger partial charge < -0.3 is 4.90 Å². The highest BCUT2D eigenvalue weighted by Gasteiger charge is 2.43. The van der Waals surface area contributed by atoms with Gasteiger partial charge in [0.05, 0.1) is 5.56 Å². The molecule has 1 atom stereocenters. The Morgan fingerprint density at radius 1 is 0.926 bits per heavy atom. The van der Waals surface area contributed by atoms with Crippen LogP contribution in [0.2, 0.25) is 0 Å². The quantitative estimate of drug-likeness (QED) is 0.510. The Morgan fingerprint density at radius 2 is 1.48 bits per heavy atom. The van der Waals surface area contributed by atoms with Gasteiger partial charge in [-0.05, 0) is 29.7 Å². The molecule has 0 saturated heterocycles. The van der Waals surface area contributed by atoms with Crippen molar-refractivity contribution in [1.29, 1.82) is 0 Å². The number of rotatable bonds is 6. The zero-order chi connectivity index (χ0) is 20.2. The maximum atomic E-state index is 13.5.